The zero-order valence-corrected chi connectivity index (χ0v) is 12.9. The molecule has 1 aliphatic rings. The molecule has 0 aliphatic carbocycles. The highest BCUT2D eigenvalue weighted by atomic mass is 19.1. The highest BCUT2D eigenvalue weighted by Gasteiger charge is 2.23. The number of rotatable bonds is 3. The van der Waals surface area contributed by atoms with Crippen LogP contribution in [0.3, 0.4) is 0 Å². The summed E-state index contributed by atoms with van der Waals surface area (Å²) in [5.74, 6) is -1.40. The van der Waals surface area contributed by atoms with E-state index >= 15 is 0 Å². The number of amides is 1. The fourth-order valence-electron chi connectivity index (χ4n) is 2.97. The molecule has 0 radical (unpaired) electrons. The minimum Gasteiger partial charge on any atom is -0.360 e. The van der Waals surface area contributed by atoms with E-state index in [1.54, 1.807) is 4.90 Å². The van der Waals surface area contributed by atoms with Crippen LogP contribution >= 0.6 is 0 Å². The lowest BCUT2D eigenvalue weighted by molar-refractivity contribution is -0.115. The molecule has 0 bridgehead atoms. The number of nitrogens with zero attached hydrogens (tertiary/aromatic N) is 1. The maximum atomic E-state index is 14.1. The molecule has 23 heavy (non-hydrogen) atoms. The molecule has 2 aromatic carbocycles. The standard InChI is InChI=1S/C18H18F2N2O/c1-12-5-2-3-7-16(12)21-17(23)11-22-8-4-6-13-9-14(19)10-15(20)18(13)22/h2-3,5,7,9-10H,4,6,8,11H2,1H3,(H,21,23). The van der Waals surface area contributed by atoms with Crippen molar-refractivity contribution in [2.75, 3.05) is 23.3 Å². The first-order valence-electron chi connectivity index (χ1n) is 7.63. The van der Waals surface area contributed by atoms with Gasteiger partial charge in [-0.25, -0.2) is 8.78 Å². The predicted molar refractivity (Wildman–Crippen MR) is 86.7 cm³/mol. The van der Waals surface area contributed by atoms with Crippen LogP contribution < -0.4 is 10.2 Å². The van der Waals surface area contributed by atoms with E-state index in [0.29, 0.717) is 24.2 Å². The van der Waals surface area contributed by atoms with E-state index in [9.17, 15) is 13.6 Å². The Morgan fingerprint density at radius 2 is 2.04 bits per heavy atom. The van der Waals surface area contributed by atoms with Crippen LogP contribution in [0.15, 0.2) is 36.4 Å². The lowest BCUT2D eigenvalue weighted by Gasteiger charge is -2.31. The van der Waals surface area contributed by atoms with E-state index in [0.717, 1.165) is 23.7 Å². The Hall–Kier alpha value is -2.43. The Kier molecular flexibility index (Phi) is 4.28. The molecule has 1 N–H and O–H groups in total. The molecule has 0 saturated carbocycles. The molecule has 0 saturated heterocycles. The van der Waals surface area contributed by atoms with Gasteiger partial charge in [0.1, 0.15) is 11.6 Å². The van der Waals surface area contributed by atoms with Crippen molar-refractivity contribution >= 4 is 17.3 Å². The zero-order valence-electron chi connectivity index (χ0n) is 12.9. The molecule has 1 aliphatic heterocycles. The Balaban J connectivity index is 1.77. The number of hydrogen-bond donors (Lipinski definition) is 1. The zero-order chi connectivity index (χ0) is 16.4. The summed E-state index contributed by atoms with van der Waals surface area (Å²) in [7, 11) is 0. The molecule has 0 aromatic heterocycles. The number of hydrogen-bond acceptors (Lipinski definition) is 2. The summed E-state index contributed by atoms with van der Waals surface area (Å²) in [6, 6.07) is 9.71. The molecule has 0 spiro atoms. The smallest absolute Gasteiger partial charge is 0.243 e. The third-order valence-corrected chi connectivity index (χ3v) is 4.05. The van der Waals surface area contributed by atoms with E-state index in [4.69, 9.17) is 0 Å². The minimum absolute atomic E-state index is 0.0455. The van der Waals surface area contributed by atoms with Crippen molar-refractivity contribution < 1.29 is 13.6 Å². The second-order valence-electron chi connectivity index (χ2n) is 5.78. The van der Waals surface area contributed by atoms with Crippen LogP contribution in [0.4, 0.5) is 20.2 Å². The summed E-state index contributed by atoms with van der Waals surface area (Å²) >= 11 is 0. The van der Waals surface area contributed by atoms with Crippen LogP contribution in [0.2, 0.25) is 0 Å². The van der Waals surface area contributed by atoms with Gasteiger partial charge < -0.3 is 10.2 Å². The van der Waals surface area contributed by atoms with Gasteiger partial charge in [0, 0.05) is 18.3 Å². The molecule has 0 atom stereocenters. The van der Waals surface area contributed by atoms with Crippen molar-refractivity contribution in [3.05, 3.63) is 59.2 Å². The Morgan fingerprint density at radius 3 is 2.83 bits per heavy atom. The van der Waals surface area contributed by atoms with Crippen molar-refractivity contribution in [2.24, 2.45) is 0 Å². The second-order valence-corrected chi connectivity index (χ2v) is 5.78. The largest absolute Gasteiger partial charge is 0.360 e. The van der Waals surface area contributed by atoms with Gasteiger partial charge in [-0.3, -0.25) is 4.79 Å². The lowest BCUT2D eigenvalue weighted by atomic mass is 10.0. The third kappa shape index (κ3) is 3.33. The molecule has 1 heterocycles. The first-order valence-corrected chi connectivity index (χ1v) is 7.63. The monoisotopic (exact) mass is 316 g/mol. The van der Waals surface area contributed by atoms with E-state index < -0.39 is 11.6 Å². The maximum absolute atomic E-state index is 14.1. The van der Waals surface area contributed by atoms with Gasteiger partial charge in [0.05, 0.1) is 12.2 Å². The third-order valence-electron chi connectivity index (χ3n) is 4.05. The highest BCUT2D eigenvalue weighted by Crippen LogP contribution is 2.30. The number of benzene rings is 2. The summed E-state index contributed by atoms with van der Waals surface area (Å²) in [4.78, 5) is 14.0. The van der Waals surface area contributed by atoms with Crippen LogP contribution in [-0.4, -0.2) is 19.0 Å². The van der Waals surface area contributed by atoms with Crippen LogP contribution in [0.25, 0.3) is 0 Å². The van der Waals surface area contributed by atoms with Gasteiger partial charge in [0.15, 0.2) is 0 Å². The quantitative estimate of drug-likeness (QED) is 0.937. The number of para-hydroxylation sites is 1. The molecule has 120 valence electrons. The van der Waals surface area contributed by atoms with Crippen molar-refractivity contribution in [1.29, 1.82) is 0 Å². The van der Waals surface area contributed by atoms with E-state index in [-0.39, 0.29) is 12.5 Å². The van der Waals surface area contributed by atoms with Crippen molar-refractivity contribution in [1.82, 2.24) is 0 Å². The molecular weight excluding hydrogens is 298 g/mol. The first-order chi connectivity index (χ1) is 11.0. The van der Waals surface area contributed by atoms with E-state index in [1.807, 2.05) is 31.2 Å². The molecule has 2 aromatic rings. The molecule has 1 amide bonds. The van der Waals surface area contributed by atoms with Gasteiger partial charge in [-0.15, -0.1) is 0 Å². The van der Waals surface area contributed by atoms with Gasteiger partial charge in [0.25, 0.3) is 0 Å². The van der Waals surface area contributed by atoms with Crippen LogP contribution in [0.5, 0.6) is 0 Å². The van der Waals surface area contributed by atoms with E-state index in [2.05, 4.69) is 5.32 Å². The number of fused-ring (bicyclic) bond motifs is 1. The van der Waals surface area contributed by atoms with Crippen LogP contribution in [0.1, 0.15) is 17.5 Å². The number of halogens is 2. The molecule has 5 heteroatoms. The molecule has 3 rings (SSSR count). The number of anilines is 2. The highest BCUT2D eigenvalue weighted by molar-refractivity contribution is 5.94. The SMILES string of the molecule is Cc1ccccc1NC(=O)CN1CCCc2cc(F)cc(F)c21. The minimum atomic E-state index is -0.608. The predicted octanol–water partition coefficient (Wildman–Crippen LogP) is 3.66. The number of nitrogens with one attached hydrogen (secondary N) is 1. The van der Waals surface area contributed by atoms with Crippen LogP contribution in [0, 0.1) is 18.6 Å². The summed E-state index contributed by atoms with van der Waals surface area (Å²) in [6.07, 6.45) is 1.40. The number of carbonyl (C=O) groups excluding carboxylic acids is 1. The molecule has 0 unspecified atom stereocenters. The average molecular weight is 316 g/mol. The average Bonchev–Trinajstić information content (AvgIpc) is 2.49. The lowest BCUT2D eigenvalue weighted by Crippen LogP contribution is -2.37. The van der Waals surface area contributed by atoms with Crippen molar-refractivity contribution in [2.45, 2.75) is 19.8 Å². The van der Waals surface area contributed by atoms with Gasteiger partial charge in [0.2, 0.25) is 5.91 Å². The number of carbonyl (C=O) groups is 1. The van der Waals surface area contributed by atoms with Gasteiger partial charge in [-0.1, -0.05) is 18.2 Å². The summed E-state index contributed by atoms with van der Waals surface area (Å²) in [5, 5.41) is 2.84. The van der Waals surface area contributed by atoms with Gasteiger partial charge >= 0.3 is 0 Å². The molecule has 0 fully saturated rings. The fraction of sp³-hybridized carbons (Fsp3) is 0.278. The van der Waals surface area contributed by atoms with Gasteiger partial charge in [-0.05, 0) is 43.0 Å². The van der Waals surface area contributed by atoms with Gasteiger partial charge in [-0.2, -0.15) is 0 Å². The van der Waals surface area contributed by atoms with Crippen molar-refractivity contribution in [3.63, 3.8) is 0 Å². The Morgan fingerprint density at radius 1 is 1.26 bits per heavy atom. The summed E-state index contributed by atoms with van der Waals surface area (Å²) in [5.41, 5.74) is 2.68. The van der Waals surface area contributed by atoms with Crippen molar-refractivity contribution in [3.8, 4) is 0 Å². The summed E-state index contributed by atoms with van der Waals surface area (Å²) < 4.78 is 27.4. The normalized spacial score (nSPS) is 13.6. The number of aryl methyl sites for hydroxylation is 2. The maximum Gasteiger partial charge on any atom is 0.243 e. The Labute approximate surface area is 133 Å². The Bertz CT molecular complexity index is 746. The molecule has 3 nitrogen and oxygen atoms in total. The van der Waals surface area contributed by atoms with E-state index in [1.165, 1.54) is 6.07 Å². The van der Waals surface area contributed by atoms with Crippen LogP contribution in [-0.2, 0) is 11.2 Å². The second kappa shape index (κ2) is 6.36. The summed E-state index contributed by atoms with van der Waals surface area (Å²) in [6.45, 7) is 2.54. The fourth-order valence-corrected chi connectivity index (χ4v) is 2.97. The topological polar surface area (TPSA) is 32.3 Å². The first kappa shape index (κ1) is 15.5. The molecular formula is C18H18F2N2O.